The lowest BCUT2D eigenvalue weighted by atomic mass is 9.78. The normalized spacial score (nSPS) is 10.3. The van der Waals surface area contributed by atoms with Gasteiger partial charge in [0.1, 0.15) is 0 Å². The molecular formula is C70H92. The Morgan fingerprint density at radius 2 is 0.571 bits per heavy atom. The third-order valence-electron chi connectivity index (χ3n) is 11.6. The van der Waals surface area contributed by atoms with Gasteiger partial charge in [0.2, 0.25) is 0 Å². The van der Waals surface area contributed by atoms with E-state index in [0.717, 1.165) is 6.42 Å². The second kappa shape index (κ2) is 32.9. The molecule has 0 atom stereocenters. The van der Waals surface area contributed by atoms with Crippen LogP contribution >= 0.6 is 0 Å². The first-order valence-electron chi connectivity index (χ1n) is 22.6. The van der Waals surface area contributed by atoms with Gasteiger partial charge in [0.25, 0.3) is 0 Å². The van der Waals surface area contributed by atoms with Gasteiger partial charge in [-0.25, -0.2) is 0 Å². The minimum Gasteiger partial charge on any atom is -0.0776 e. The molecule has 0 saturated carbocycles. The summed E-state index contributed by atoms with van der Waals surface area (Å²) in [7, 11) is 0. The summed E-state index contributed by atoms with van der Waals surface area (Å²) >= 11 is 0. The number of hydrogen-bond donors (Lipinski definition) is 0. The number of hydrogen-bond acceptors (Lipinski definition) is 0. The van der Waals surface area contributed by atoms with Crippen molar-refractivity contribution < 1.29 is 0 Å². The number of benzene rings is 8. The Morgan fingerprint density at radius 1 is 0.314 bits per heavy atom. The molecule has 0 aliphatic rings. The minimum atomic E-state index is 0. The first kappa shape index (κ1) is 65.3. The van der Waals surface area contributed by atoms with Gasteiger partial charge in [-0.1, -0.05) is 310 Å². The smallest absolute Gasteiger partial charge is 0.0146 e. The number of allylic oxidation sites excluding steroid dienone is 2. The Morgan fingerprint density at radius 3 is 0.914 bits per heavy atom. The van der Waals surface area contributed by atoms with Crippen LogP contribution in [0.1, 0.15) is 150 Å². The highest BCUT2D eigenvalue weighted by Gasteiger charge is 2.22. The molecule has 0 spiro atoms. The first-order chi connectivity index (χ1) is 30.7. The molecule has 0 bridgehead atoms. The second-order valence-corrected chi connectivity index (χ2v) is 17.7. The van der Waals surface area contributed by atoms with Crippen LogP contribution in [0, 0.1) is 41.5 Å². The number of aryl methyl sites for hydroxylation is 6. The van der Waals surface area contributed by atoms with Crippen molar-refractivity contribution in [2.75, 3.05) is 0 Å². The summed E-state index contributed by atoms with van der Waals surface area (Å²) in [5, 5.41) is 0. The Labute approximate surface area is 431 Å². The summed E-state index contributed by atoms with van der Waals surface area (Å²) < 4.78 is 0. The molecule has 0 radical (unpaired) electrons. The predicted molar refractivity (Wildman–Crippen MR) is 322 cm³/mol. The molecule has 0 fully saturated rings. The SMILES string of the molecule is C.C.C.C.C.C.CC(=Cc1ccc(C)cc1)c1ccc(C)cc1.CC(=Cc1ccccc1)c1ccccc1.Cc1ccc(C(C)(C)c2ccc(C)cc2)cc1.Cc1ccc(Cc2ccc(C)cc2)cc1. The average Bonchev–Trinajstić information content (AvgIpc) is 3.30. The molecule has 0 heterocycles. The van der Waals surface area contributed by atoms with Crippen LogP contribution in [-0.4, -0.2) is 0 Å². The van der Waals surface area contributed by atoms with E-state index in [1.54, 1.807) is 0 Å². The Balaban J connectivity index is 0. The summed E-state index contributed by atoms with van der Waals surface area (Å²) in [6.45, 7) is 21.6. The fraction of sp³-hybridized carbons (Fsp3) is 0.257. The minimum absolute atomic E-state index is 0. The van der Waals surface area contributed by atoms with E-state index < -0.39 is 0 Å². The van der Waals surface area contributed by atoms with Crippen LogP contribution < -0.4 is 0 Å². The summed E-state index contributed by atoms with van der Waals surface area (Å²) in [6.07, 6.45) is 5.46. The van der Waals surface area contributed by atoms with E-state index in [9.17, 15) is 0 Å². The van der Waals surface area contributed by atoms with Crippen LogP contribution in [0.25, 0.3) is 23.3 Å². The van der Waals surface area contributed by atoms with Gasteiger partial charge in [-0.3, -0.25) is 0 Å². The molecule has 0 aromatic heterocycles. The van der Waals surface area contributed by atoms with Gasteiger partial charge in [0.15, 0.2) is 0 Å². The highest BCUT2D eigenvalue weighted by Crippen LogP contribution is 2.31. The largest absolute Gasteiger partial charge is 0.0776 e. The lowest BCUT2D eigenvalue weighted by Crippen LogP contribution is -2.18. The van der Waals surface area contributed by atoms with Crippen molar-refractivity contribution in [2.24, 2.45) is 0 Å². The van der Waals surface area contributed by atoms with E-state index in [4.69, 9.17) is 0 Å². The highest BCUT2D eigenvalue weighted by atomic mass is 14.3. The maximum Gasteiger partial charge on any atom is 0.0146 e. The topological polar surface area (TPSA) is 0 Å². The van der Waals surface area contributed by atoms with Crippen molar-refractivity contribution in [2.45, 2.75) is 126 Å². The Kier molecular flexibility index (Phi) is 30.7. The molecule has 8 aromatic carbocycles. The van der Waals surface area contributed by atoms with E-state index in [2.05, 4.69) is 276 Å². The van der Waals surface area contributed by atoms with Crippen molar-refractivity contribution in [1.29, 1.82) is 0 Å². The van der Waals surface area contributed by atoms with Crippen molar-refractivity contribution in [3.63, 3.8) is 0 Å². The van der Waals surface area contributed by atoms with Crippen molar-refractivity contribution in [1.82, 2.24) is 0 Å². The zero-order valence-corrected chi connectivity index (χ0v) is 40.0. The third-order valence-corrected chi connectivity index (χ3v) is 11.6. The number of rotatable bonds is 8. The molecule has 0 nitrogen and oxygen atoms in total. The van der Waals surface area contributed by atoms with Crippen LogP contribution in [0.2, 0.25) is 0 Å². The lowest BCUT2D eigenvalue weighted by molar-refractivity contribution is 0.640. The Hall–Kier alpha value is -6.76. The molecule has 8 rings (SSSR count). The van der Waals surface area contributed by atoms with Crippen LogP contribution in [0.3, 0.4) is 0 Å². The van der Waals surface area contributed by atoms with Crippen LogP contribution in [0.5, 0.6) is 0 Å². The van der Waals surface area contributed by atoms with E-state index in [1.165, 1.54) is 89.0 Å². The standard InChI is InChI=1S/C17H20.C17H18.C15H16.C15H14.6CH4/c1-13-5-9-15(10-6-13)17(3,4)16-11-7-14(2)8-12-16;1-13-4-8-16(9-5-13)12-15(3)17-10-6-14(2)7-11-17;1-12-3-7-14(8-4-12)11-15-9-5-13(2)6-10-15;1-13(15-10-6-3-7-11-15)12-14-8-4-2-5-9-14;;;;;;/h5-12H,1-4H3;4-12H,1-3H3;3-10H,11H2,1-2H3;2-12H,1H3;6*1H4. The van der Waals surface area contributed by atoms with Crippen LogP contribution in [0.4, 0.5) is 0 Å². The van der Waals surface area contributed by atoms with Gasteiger partial charge in [-0.15, -0.1) is 0 Å². The lowest BCUT2D eigenvalue weighted by Gasteiger charge is -2.26. The fourth-order valence-corrected chi connectivity index (χ4v) is 7.15. The van der Waals surface area contributed by atoms with Crippen molar-refractivity contribution >= 4 is 23.3 Å². The van der Waals surface area contributed by atoms with Crippen molar-refractivity contribution in [3.05, 3.63) is 284 Å². The van der Waals surface area contributed by atoms with Gasteiger partial charge in [0.05, 0.1) is 0 Å². The molecule has 0 amide bonds. The molecule has 8 aromatic rings. The molecule has 0 aliphatic heterocycles. The zero-order chi connectivity index (χ0) is 45.9. The molecule has 0 heteroatoms. The van der Waals surface area contributed by atoms with E-state index in [-0.39, 0.29) is 50.0 Å². The highest BCUT2D eigenvalue weighted by molar-refractivity contribution is 5.81. The van der Waals surface area contributed by atoms with Crippen molar-refractivity contribution in [3.8, 4) is 0 Å². The van der Waals surface area contributed by atoms with Gasteiger partial charge in [-0.2, -0.15) is 0 Å². The summed E-state index contributed by atoms with van der Waals surface area (Å²) in [5.41, 5.74) is 21.1. The quantitative estimate of drug-likeness (QED) is 0.133. The van der Waals surface area contributed by atoms with Crippen LogP contribution in [-0.2, 0) is 11.8 Å². The molecule has 0 N–H and O–H groups in total. The molecular weight excluding hydrogens is 841 g/mol. The van der Waals surface area contributed by atoms with Gasteiger partial charge in [0, 0.05) is 5.41 Å². The van der Waals surface area contributed by atoms with E-state index >= 15 is 0 Å². The monoisotopic (exact) mass is 933 g/mol. The second-order valence-electron chi connectivity index (χ2n) is 17.7. The summed E-state index contributed by atoms with van der Waals surface area (Å²) in [4.78, 5) is 0. The summed E-state index contributed by atoms with van der Waals surface area (Å²) in [6, 6.07) is 73.3. The first-order valence-corrected chi connectivity index (χ1v) is 22.6. The van der Waals surface area contributed by atoms with E-state index in [1.807, 2.05) is 12.1 Å². The predicted octanol–water partition coefficient (Wildman–Crippen LogP) is 21.5. The van der Waals surface area contributed by atoms with Gasteiger partial charge >= 0.3 is 0 Å². The molecule has 0 saturated heterocycles. The molecule has 0 unspecified atom stereocenters. The van der Waals surface area contributed by atoms with Gasteiger partial charge in [-0.05, 0) is 117 Å². The van der Waals surface area contributed by atoms with E-state index in [0.29, 0.717) is 0 Å². The fourth-order valence-electron chi connectivity index (χ4n) is 7.15. The average molecular weight is 934 g/mol. The third kappa shape index (κ3) is 21.7. The zero-order valence-electron chi connectivity index (χ0n) is 40.0. The maximum atomic E-state index is 2.28. The van der Waals surface area contributed by atoms with Crippen LogP contribution in [0.15, 0.2) is 206 Å². The molecule has 372 valence electrons. The Bertz CT molecular complexity index is 2530. The maximum absolute atomic E-state index is 2.28. The van der Waals surface area contributed by atoms with Gasteiger partial charge < -0.3 is 0 Å². The molecule has 0 aliphatic carbocycles. The molecule has 70 heavy (non-hydrogen) atoms. The summed E-state index contributed by atoms with van der Waals surface area (Å²) in [5.74, 6) is 0.